The van der Waals surface area contributed by atoms with Gasteiger partial charge in [0.05, 0.1) is 69.4 Å². The van der Waals surface area contributed by atoms with Gasteiger partial charge in [0, 0.05) is 176 Å². The maximum Gasteiger partial charge on any atom is 0.350 e. The van der Waals surface area contributed by atoms with Gasteiger partial charge in [-0.15, -0.1) is 0 Å². The van der Waals surface area contributed by atoms with E-state index in [4.69, 9.17) is 68.7 Å². The molecule has 18 rings (SSSR count). The van der Waals surface area contributed by atoms with Gasteiger partial charge in [-0.2, -0.15) is 30.2 Å². The van der Waals surface area contributed by atoms with E-state index in [1.165, 1.54) is 49.0 Å². The lowest BCUT2D eigenvalue weighted by Crippen LogP contribution is -2.57. The normalized spacial score (nSPS) is 18.0. The lowest BCUT2D eigenvalue weighted by Gasteiger charge is -2.40. The SMILES string of the molecule is [C-]#[N+]C[C@H]1CN(c2nc(=O)n3c4c(c(-c5ccc(F)cc5F)c(Cl)cc24)OCC3Cn2cccn2)CCN1C(=O)/C=C/CN(C)C.[C-]#[N+]C[C@H]1CN(c2nc(=O)n3c4c(c(-c5ccc(F)cc5F)c(Cl)cc24)OCC3Cn2cccn2)CCN1C(=O)C(=C)F.[C-]#[N+]C[C@H]1CN(c2nc(=O)n3c4c(c(-c5ccc(F)cc5F)c(Cl)cc24)OCC3Cn2cccn2)CCN1C(=O)C=C. The second-order valence-electron chi connectivity index (χ2n) is 31.7. The molecule has 6 aliphatic heterocycles. The van der Waals surface area contributed by atoms with Crippen molar-refractivity contribution in [2.75, 3.05) is 134 Å². The number of carbonyl (C=O) groups is 3. The van der Waals surface area contributed by atoms with E-state index in [9.17, 15) is 46.3 Å². The van der Waals surface area contributed by atoms with Gasteiger partial charge in [-0.25, -0.2) is 64.8 Å². The van der Waals surface area contributed by atoms with Crippen molar-refractivity contribution >= 4 is 103 Å². The third-order valence-corrected chi connectivity index (χ3v) is 24.2. The molecule has 12 heterocycles. The number of aromatic nitrogens is 12. The molecule has 0 spiro atoms. The molecule has 131 heavy (non-hydrogen) atoms. The highest BCUT2D eigenvalue weighted by Gasteiger charge is 2.42. The monoisotopic (exact) mass is 1850 g/mol. The highest BCUT2D eigenvalue weighted by molar-refractivity contribution is 6.36. The topological polar surface area (TPSA) is 273 Å². The van der Waals surface area contributed by atoms with E-state index in [-0.39, 0.29) is 169 Å². The molecule has 6 atom stereocenters. The molecule has 0 N–H and O–H groups in total. The largest absolute Gasteiger partial charge is 0.488 e. The third kappa shape index (κ3) is 17.9. The van der Waals surface area contributed by atoms with E-state index in [0.29, 0.717) is 83.6 Å². The maximum atomic E-state index is 15.1. The Balaban J connectivity index is 0.000000144. The fourth-order valence-corrected chi connectivity index (χ4v) is 18.4. The number of hydrogen-bond donors (Lipinski definition) is 0. The van der Waals surface area contributed by atoms with Crippen LogP contribution >= 0.6 is 34.8 Å². The quantitative estimate of drug-likeness (QED) is 0.0389. The van der Waals surface area contributed by atoms with E-state index in [2.05, 4.69) is 57.9 Å². The smallest absolute Gasteiger partial charge is 0.350 e. The minimum Gasteiger partial charge on any atom is -0.488 e. The number of carbonyl (C=O) groups excluding carboxylic acids is 3. The second kappa shape index (κ2) is 38.1. The van der Waals surface area contributed by atoms with Crippen molar-refractivity contribution in [3.8, 4) is 50.6 Å². The summed E-state index contributed by atoms with van der Waals surface area (Å²) in [7, 11) is 3.81. The fraction of sp³-hybridized carbons (Fsp3) is 0.300. The second-order valence-corrected chi connectivity index (χ2v) is 33.0. The Bertz CT molecular complexity index is 6900. The molecule has 0 aliphatic carbocycles. The maximum absolute atomic E-state index is 15.1. The summed E-state index contributed by atoms with van der Waals surface area (Å²) in [6.45, 7) is 32.6. The van der Waals surface area contributed by atoms with Crippen LogP contribution in [0.4, 0.5) is 48.2 Å². The average Bonchev–Trinajstić information content (AvgIpc) is 1.03. The van der Waals surface area contributed by atoms with E-state index >= 15 is 13.2 Å². The van der Waals surface area contributed by atoms with Crippen molar-refractivity contribution in [3.63, 3.8) is 0 Å². The number of nitrogens with zero attached hydrogens (tertiary/aromatic N) is 22. The van der Waals surface area contributed by atoms with Crippen LogP contribution in [0.5, 0.6) is 17.2 Å². The van der Waals surface area contributed by atoms with Gasteiger partial charge in [0.25, 0.3) is 5.91 Å². The first-order valence-corrected chi connectivity index (χ1v) is 42.3. The summed E-state index contributed by atoms with van der Waals surface area (Å²) in [4.78, 5) is 115. The molecule has 0 bridgehead atoms. The molecule has 3 saturated heterocycles. The Morgan fingerprint density at radius 2 is 0.817 bits per heavy atom. The Kier molecular flexibility index (Phi) is 26.2. The standard InChI is InChI=1S/C32H31ClF2N8O3.C29H23ClF3N7O3.C29H24ClF2N7O3/c1-36-16-21-17-40(12-13-42(21)27(44)6-4-10-39(2)3)31-24-15-25(33)28(23-8-7-20(34)14-26(23)35)30-29(24)43(32(45)38-31)22(19-46-30)18-41-11-5-9-37-41;1-16(31)28(41)39-9-8-37(13-18(39)12-34-2)27-21-11-22(30)24(20-5-4-17(32)10-23(20)33)26-25(21)40(29(42)36-27)19(15-43-26)14-38-7-3-6-35-38;1-3-24(40)38-10-9-36(14-18(38)13-33-2)28-21-12-22(30)25(20-6-5-17(31)11-23(20)32)27-26(21)39(29(41)35-28)19(16-42-27)15-37-8-4-7-34-37/h4-9,11,14-15,21-22H,10,12-13,16-19H2,2-3H3;3-7,10-11,18-19H,1,8-9,12-15H2;3-8,11-12,18-19H,1,9-10,13-16H2/b6-4+;;/t21-,22?;2*18-,19?/m000/s1. The van der Waals surface area contributed by atoms with Gasteiger partial charge in [0.1, 0.15) is 90.3 Å². The van der Waals surface area contributed by atoms with Gasteiger partial charge >= 0.3 is 17.1 Å². The highest BCUT2D eigenvalue weighted by Crippen LogP contribution is 2.52. The van der Waals surface area contributed by atoms with Crippen molar-refractivity contribution in [3.05, 3.63) is 281 Å². The van der Waals surface area contributed by atoms with Crippen molar-refractivity contribution in [1.82, 2.24) is 77.6 Å². The molecule has 672 valence electrons. The van der Waals surface area contributed by atoms with Crippen LogP contribution in [0.2, 0.25) is 15.1 Å². The van der Waals surface area contributed by atoms with Crippen molar-refractivity contribution < 1.29 is 59.3 Å². The number of hydrogen-bond acceptors (Lipinski definition) is 19. The number of benzene rings is 6. The minimum atomic E-state index is -1.13. The lowest BCUT2D eigenvalue weighted by molar-refractivity contribution is -0.131. The van der Waals surface area contributed by atoms with Gasteiger partial charge in [-0.3, -0.25) is 42.1 Å². The molecule has 12 aromatic rings. The van der Waals surface area contributed by atoms with E-state index in [1.54, 1.807) is 108 Å². The molecular formula is C90H78Cl3F7N22O9. The predicted molar refractivity (Wildman–Crippen MR) is 475 cm³/mol. The van der Waals surface area contributed by atoms with Crippen LogP contribution in [0, 0.1) is 54.6 Å². The molecule has 6 aromatic heterocycles. The van der Waals surface area contributed by atoms with Crippen LogP contribution in [0.1, 0.15) is 18.1 Å². The fourth-order valence-electron chi connectivity index (χ4n) is 17.5. The number of anilines is 3. The summed E-state index contributed by atoms with van der Waals surface area (Å²) < 4.78 is 129. The molecular weight excluding hydrogens is 1770 g/mol. The molecule has 3 amide bonds. The van der Waals surface area contributed by atoms with Crippen LogP contribution in [0.25, 0.3) is 80.6 Å². The number of halogens is 10. The molecule has 31 nitrogen and oxygen atoms in total. The summed E-state index contributed by atoms with van der Waals surface area (Å²) in [6, 6.07) is 16.3. The Labute approximate surface area is 756 Å². The van der Waals surface area contributed by atoms with Gasteiger partial charge in [-0.1, -0.05) is 54.0 Å². The Morgan fingerprint density at radius 1 is 0.489 bits per heavy atom. The van der Waals surface area contributed by atoms with Gasteiger partial charge < -0.3 is 63.0 Å². The molecule has 0 saturated carbocycles. The average molecular weight is 1850 g/mol. The van der Waals surface area contributed by atoms with Crippen LogP contribution in [-0.2, 0) is 34.0 Å². The van der Waals surface area contributed by atoms with E-state index in [0.717, 1.165) is 36.4 Å². The molecule has 3 unspecified atom stereocenters. The molecule has 41 heteroatoms. The summed E-state index contributed by atoms with van der Waals surface area (Å²) in [5.41, 5.74) is -0.115. The van der Waals surface area contributed by atoms with Gasteiger partial charge in [0.2, 0.25) is 31.4 Å². The minimum absolute atomic E-state index is 0.0121. The summed E-state index contributed by atoms with van der Waals surface area (Å²) >= 11 is 20.4. The first kappa shape index (κ1) is 90.0. The molecule has 3 fully saturated rings. The van der Waals surface area contributed by atoms with Crippen LogP contribution < -0.4 is 46.0 Å². The number of likely N-dealkylation sites (N-methyl/N-ethyl adjacent to an activating group) is 1. The van der Waals surface area contributed by atoms with Crippen LogP contribution in [0.3, 0.4) is 0 Å². The third-order valence-electron chi connectivity index (χ3n) is 23.3. The zero-order valence-electron chi connectivity index (χ0n) is 70.0. The van der Waals surface area contributed by atoms with E-state index in [1.807, 2.05) is 28.8 Å². The van der Waals surface area contributed by atoms with E-state index < -0.39 is 100.0 Å². The number of amides is 3. The highest BCUT2D eigenvalue weighted by atomic mass is 35.5. The first-order chi connectivity index (χ1) is 63.1. The molecule has 0 radical (unpaired) electrons. The van der Waals surface area contributed by atoms with Crippen molar-refractivity contribution in [2.24, 2.45) is 0 Å². The Hall–Kier alpha value is -14.4. The van der Waals surface area contributed by atoms with Gasteiger partial charge in [-0.05, 0) is 93.0 Å². The number of piperazine rings is 3. The number of ether oxygens (including phenoxy) is 3. The lowest BCUT2D eigenvalue weighted by atomic mass is 9.99. The van der Waals surface area contributed by atoms with Crippen LogP contribution in [-0.4, -0.2) is 232 Å². The van der Waals surface area contributed by atoms with Gasteiger partial charge in [0.15, 0.2) is 23.1 Å². The summed E-state index contributed by atoms with van der Waals surface area (Å²) in [6.07, 6.45) is 14.7. The van der Waals surface area contributed by atoms with Crippen molar-refractivity contribution in [1.29, 1.82) is 0 Å². The number of rotatable bonds is 20. The zero-order chi connectivity index (χ0) is 92.5. The van der Waals surface area contributed by atoms with Crippen LogP contribution in [0.15, 0.2) is 180 Å². The molecule has 6 aromatic carbocycles. The zero-order valence-corrected chi connectivity index (χ0v) is 72.2. The van der Waals surface area contributed by atoms with Crippen molar-refractivity contribution in [2.45, 2.75) is 55.9 Å². The summed E-state index contributed by atoms with van der Waals surface area (Å²) in [5, 5.41) is 14.5. The first-order valence-electron chi connectivity index (χ1n) is 41.1. The molecule has 6 aliphatic rings. The Morgan fingerprint density at radius 3 is 1.11 bits per heavy atom. The summed E-state index contributed by atoms with van der Waals surface area (Å²) in [5.74, 6) is -5.93. The predicted octanol–water partition coefficient (Wildman–Crippen LogP) is 12.1.